The molecule has 11 aromatic carbocycles. The monoisotopic (exact) mass is 697 g/mol. The zero-order chi connectivity index (χ0) is 36.3. The lowest BCUT2D eigenvalue weighted by atomic mass is 9.92. The van der Waals surface area contributed by atoms with Gasteiger partial charge < -0.3 is 4.90 Å². The lowest BCUT2D eigenvalue weighted by molar-refractivity contribution is 1.31. The first-order valence-electron chi connectivity index (χ1n) is 19.0. The molecule has 1 nitrogen and oxygen atoms in total. The van der Waals surface area contributed by atoms with E-state index in [4.69, 9.17) is 0 Å². The minimum atomic E-state index is 1.11. The first-order valence-corrected chi connectivity index (χ1v) is 19.0. The quantitative estimate of drug-likeness (QED) is 0.128. The van der Waals surface area contributed by atoms with Gasteiger partial charge in [0.25, 0.3) is 0 Å². The number of anilines is 3. The maximum atomic E-state index is 2.45. The third kappa shape index (κ3) is 5.16. The molecule has 0 aliphatic carbocycles. The molecular formula is C54H35N. The van der Waals surface area contributed by atoms with Crippen LogP contribution in [0.1, 0.15) is 0 Å². The maximum Gasteiger partial charge on any atom is 0.0618 e. The Morgan fingerprint density at radius 2 is 0.545 bits per heavy atom. The molecule has 55 heavy (non-hydrogen) atoms. The second kappa shape index (κ2) is 12.7. The topological polar surface area (TPSA) is 3.24 Å². The van der Waals surface area contributed by atoms with E-state index in [2.05, 4.69) is 217 Å². The van der Waals surface area contributed by atoms with Gasteiger partial charge in [-0.05, 0) is 119 Å². The fourth-order valence-electron chi connectivity index (χ4n) is 8.80. The zero-order valence-corrected chi connectivity index (χ0v) is 30.2. The van der Waals surface area contributed by atoms with Crippen LogP contribution in [-0.2, 0) is 0 Å². The van der Waals surface area contributed by atoms with Gasteiger partial charge in [0.2, 0.25) is 0 Å². The van der Waals surface area contributed by atoms with Gasteiger partial charge in [0.15, 0.2) is 0 Å². The summed E-state index contributed by atoms with van der Waals surface area (Å²) in [5.74, 6) is 0. The largest absolute Gasteiger partial charge is 0.309 e. The van der Waals surface area contributed by atoms with E-state index in [1.807, 2.05) is 0 Å². The normalized spacial score (nSPS) is 11.6. The van der Waals surface area contributed by atoms with E-state index in [-0.39, 0.29) is 0 Å². The van der Waals surface area contributed by atoms with Crippen molar-refractivity contribution in [2.45, 2.75) is 0 Å². The van der Waals surface area contributed by atoms with Crippen molar-refractivity contribution in [3.63, 3.8) is 0 Å². The molecule has 0 N–H and O–H groups in total. The zero-order valence-electron chi connectivity index (χ0n) is 30.2. The standard InChI is InChI=1S/C54H35N/c1-5-17-44-40(15-1)34-52(50-23-11-9-21-48(44)50)36-25-29-42(30-26-36)55(54-46-19-7-3-13-38(46)33-39-14-4-8-20-47(39)54)43-31-27-37(28-32-43)53-35-41-16-2-6-18-45(41)49-22-10-12-24-51(49)53/h1-35H. The van der Waals surface area contributed by atoms with Gasteiger partial charge in [0, 0.05) is 22.1 Å². The lowest BCUT2D eigenvalue weighted by Gasteiger charge is -2.29. The lowest BCUT2D eigenvalue weighted by Crippen LogP contribution is -2.11. The van der Waals surface area contributed by atoms with Gasteiger partial charge in [-0.2, -0.15) is 0 Å². The molecule has 0 unspecified atom stereocenters. The predicted molar refractivity (Wildman–Crippen MR) is 237 cm³/mol. The van der Waals surface area contributed by atoms with E-state index in [0.29, 0.717) is 0 Å². The van der Waals surface area contributed by atoms with Gasteiger partial charge in [-0.25, -0.2) is 0 Å². The van der Waals surface area contributed by atoms with Crippen LogP contribution < -0.4 is 4.90 Å². The van der Waals surface area contributed by atoms with Crippen molar-refractivity contribution in [2.24, 2.45) is 0 Å². The highest BCUT2D eigenvalue weighted by Gasteiger charge is 2.20. The second-order valence-corrected chi connectivity index (χ2v) is 14.5. The molecule has 0 aliphatic heterocycles. The fourth-order valence-corrected chi connectivity index (χ4v) is 8.80. The van der Waals surface area contributed by atoms with Crippen molar-refractivity contribution < 1.29 is 0 Å². The molecular weight excluding hydrogens is 663 g/mol. The molecule has 0 bridgehead atoms. The Labute approximate surface area is 320 Å². The first kappa shape index (κ1) is 31.3. The van der Waals surface area contributed by atoms with Crippen molar-refractivity contribution in [1.82, 2.24) is 0 Å². The molecule has 0 atom stereocenters. The van der Waals surface area contributed by atoms with Crippen molar-refractivity contribution >= 4 is 81.7 Å². The average Bonchev–Trinajstić information content (AvgIpc) is 3.26. The highest BCUT2D eigenvalue weighted by atomic mass is 15.1. The molecule has 0 aromatic heterocycles. The van der Waals surface area contributed by atoms with Crippen LogP contribution in [0.25, 0.3) is 86.9 Å². The molecule has 0 saturated carbocycles. The fraction of sp³-hybridized carbons (Fsp3) is 0. The van der Waals surface area contributed by atoms with Crippen LogP contribution >= 0.6 is 0 Å². The Bertz CT molecular complexity index is 3030. The number of fused-ring (bicyclic) bond motifs is 8. The summed E-state index contributed by atoms with van der Waals surface area (Å²) in [5.41, 5.74) is 8.30. The number of hydrogen-bond donors (Lipinski definition) is 0. The number of benzene rings is 11. The third-order valence-corrected chi connectivity index (χ3v) is 11.4. The van der Waals surface area contributed by atoms with Gasteiger partial charge in [-0.3, -0.25) is 0 Å². The summed E-state index contributed by atoms with van der Waals surface area (Å²) in [6, 6.07) is 77.9. The highest BCUT2D eigenvalue weighted by molar-refractivity contribution is 6.16. The second-order valence-electron chi connectivity index (χ2n) is 14.5. The minimum absolute atomic E-state index is 1.11. The molecule has 0 spiro atoms. The summed E-state index contributed by atoms with van der Waals surface area (Å²) >= 11 is 0. The Kier molecular flexibility index (Phi) is 7.25. The molecule has 0 amide bonds. The molecule has 0 fully saturated rings. The summed E-state index contributed by atoms with van der Waals surface area (Å²) in [4.78, 5) is 2.45. The van der Waals surface area contributed by atoms with E-state index in [0.717, 1.165) is 11.4 Å². The molecule has 11 aromatic rings. The summed E-state index contributed by atoms with van der Waals surface area (Å²) < 4.78 is 0. The van der Waals surface area contributed by atoms with Crippen molar-refractivity contribution in [1.29, 1.82) is 0 Å². The van der Waals surface area contributed by atoms with Crippen LogP contribution in [0.2, 0.25) is 0 Å². The van der Waals surface area contributed by atoms with Gasteiger partial charge in [-0.1, -0.05) is 170 Å². The maximum absolute atomic E-state index is 2.45. The summed E-state index contributed by atoms with van der Waals surface area (Å²) in [6.07, 6.45) is 0. The van der Waals surface area contributed by atoms with Crippen LogP contribution in [0.5, 0.6) is 0 Å². The molecule has 1 heteroatoms. The van der Waals surface area contributed by atoms with Crippen LogP contribution in [0.3, 0.4) is 0 Å². The first-order chi connectivity index (χ1) is 27.3. The number of nitrogens with zero attached hydrogens (tertiary/aromatic N) is 1. The van der Waals surface area contributed by atoms with E-state index in [9.17, 15) is 0 Å². The van der Waals surface area contributed by atoms with Gasteiger partial charge in [0.05, 0.1) is 5.69 Å². The summed E-state index contributed by atoms with van der Waals surface area (Å²) in [6.45, 7) is 0. The average molecular weight is 698 g/mol. The molecule has 0 heterocycles. The van der Waals surface area contributed by atoms with Crippen molar-refractivity contribution in [2.75, 3.05) is 4.90 Å². The highest BCUT2D eigenvalue weighted by Crippen LogP contribution is 2.45. The van der Waals surface area contributed by atoms with Gasteiger partial charge in [-0.15, -0.1) is 0 Å². The molecule has 0 saturated heterocycles. The predicted octanol–water partition coefficient (Wildman–Crippen LogP) is 15.4. The molecule has 256 valence electrons. The third-order valence-electron chi connectivity index (χ3n) is 11.4. The van der Waals surface area contributed by atoms with Crippen LogP contribution in [0.4, 0.5) is 17.1 Å². The van der Waals surface area contributed by atoms with E-state index in [1.165, 1.54) is 92.6 Å². The Morgan fingerprint density at radius 1 is 0.236 bits per heavy atom. The van der Waals surface area contributed by atoms with Crippen molar-refractivity contribution in [3.05, 3.63) is 212 Å². The molecule has 0 radical (unpaired) electrons. The number of hydrogen-bond acceptors (Lipinski definition) is 1. The molecule has 11 rings (SSSR count). The Hall–Kier alpha value is -7.22. The summed E-state index contributed by atoms with van der Waals surface area (Å²) in [7, 11) is 0. The van der Waals surface area contributed by atoms with E-state index in [1.54, 1.807) is 0 Å². The van der Waals surface area contributed by atoms with Crippen LogP contribution in [-0.4, -0.2) is 0 Å². The van der Waals surface area contributed by atoms with Crippen LogP contribution in [0, 0.1) is 0 Å². The smallest absolute Gasteiger partial charge is 0.0618 e. The molecule has 0 aliphatic rings. The SMILES string of the molecule is c1ccc2c(N(c3ccc(-c4cc5ccccc5c5ccccc45)cc3)c3ccc(-c4cc5ccccc5c5ccccc45)cc3)c3ccccc3cc2c1. The summed E-state index contributed by atoms with van der Waals surface area (Å²) in [5, 5.41) is 15.0. The minimum Gasteiger partial charge on any atom is -0.309 e. The van der Waals surface area contributed by atoms with E-state index >= 15 is 0 Å². The number of rotatable bonds is 5. The Morgan fingerprint density at radius 3 is 0.945 bits per heavy atom. The van der Waals surface area contributed by atoms with Crippen molar-refractivity contribution in [3.8, 4) is 22.3 Å². The van der Waals surface area contributed by atoms with E-state index < -0.39 is 0 Å². The van der Waals surface area contributed by atoms with Gasteiger partial charge in [0.1, 0.15) is 0 Å². The Balaban J connectivity index is 1.11. The van der Waals surface area contributed by atoms with Gasteiger partial charge >= 0.3 is 0 Å². The van der Waals surface area contributed by atoms with Crippen LogP contribution in [0.15, 0.2) is 212 Å².